The van der Waals surface area contributed by atoms with Crippen LogP contribution in [-0.4, -0.2) is 28.0 Å². The quantitative estimate of drug-likeness (QED) is 0.753. The molecule has 1 saturated heterocycles. The molecule has 4 rings (SSSR count). The van der Waals surface area contributed by atoms with E-state index in [0.29, 0.717) is 6.04 Å². The molecule has 0 aliphatic carbocycles. The van der Waals surface area contributed by atoms with Crippen molar-refractivity contribution >= 4 is 39.2 Å². The zero-order valence-electron chi connectivity index (χ0n) is 13.4. The average Bonchev–Trinajstić information content (AvgIpc) is 3.19. The van der Waals surface area contributed by atoms with Crippen LogP contribution in [0.2, 0.25) is 0 Å². The Labute approximate surface area is 150 Å². The second kappa shape index (κ2) is 7.03. The highest BCUT2D eigenvalue weighted by Crippen LogP contribution is 2.27. The predicted molar refractivity (Wildman–Crippen MR) is 103 cm³/mol. The molecule has 0 saturated carbocycles. The standard InChI is InChI=1S/C19H20N2OS2/c22-19(20-15-6-9-23-10-7-15)17-12-18-16(8-11-24-18)21(17)13-14-4-2-1-3-5-14/h1-5,8,11-12,15H,6-7,9-10,13H2,(H,20,22). The number of nitrogens with zero attached hydrogens (tertiary/aromatic N) is 1. The van der Waals surface area contributed by atoms with E-state index >= 15 is 0 Å². The Morgan fingerprint density at radius 3 is 2.75 bits per heavy atom. The fraction of sp³-hybridized carbons (Fsp3) is 0.316. The third-order valence-corrected chi connectivity index (χ3v) is 6.40. The maximum atomic E-state index is 12.9. The Morgan fingerprint density at radius 1 is 1.17 bits per heavy atom. The maximum Gasteiger partial charge on any atom is 0.268 e. The van der Waals surface area contributed by atoms with Gasteiger partial charge in [-0.2, -0.15) is 11.8 Å². The van der Waals surface area contributed by atoms with Crippen LogP contribution in [0.25, 0.3) is 10.2 Å². The van der Waals surface area contributed by atoms with Crippen LogP contribution in [0.1, 0.15) is 28.9 Å². The van der Waals surface area contributed by atoms with E-state index < -0.39 is 0 Å². The van der Waals surface area contributed by atoms with Crippen LogP contribution >= 0.6 is 23.1 Å². The van der Waals surface area contributed by atoms with Gasteiger partial charge in [0.05, 0.1) is 10.2 Å². The van der Waals surface area contributed by atoms with Crippen LogP contribution in [0.4, 0.5) is 0 Å². The minimum absolute atomic E-state index is 0.0613. The monoisotopic (exact) mass is 356 g/mol. The van der Waals surface area contributed by atoms with E-state index in [0.717, 1.165) is 42.1 Å². The van der Waals surface area contributed by atoms with E-state index in [1.807, 2.05) is 36.0 Å². The fourth-order valence-corrected chi connectivity index (χ4v) is 5.13. The largest absolute Gasteiger partial charge is 0.348 e. The third kappa shape index (κ3) is 3.23. The molecule has 1 aliphatic heterocycles. The van der Waals surface area contributed by atoms with Gasteiger partial charge in [0.1, 0.15) is 5.69 Å². The van der Waals surface area contributed by atoms with Crippen molar-refractivity contribution in [1.82, 2.24) is 9.88 Å². The molecule has 3 aromatic rings. The fourth-order valence-electron chi connectivity index (χ4n) is 3.20. The molecule has 1 fully saturated rings. The van der Waals surface area contributed by atoms with E-state index in [1.54, 1.807) is 11.3 Å². The summed E-state index contributed by atoms with van der Waals surface area (Å²) in [6.45, 7) is 0.727. The topological polar surface area (TPSA) is 34.0 Å². The molecule has 124 valence electrons. The SMILES string of the molecule is O=C(NC1CCSCC1)c1cc2sccc2n1Cc1ccccc1. The van der Waals surface area contributed by atoms with E-state index in [-0.39, 0.29) is 5.91 Å². The van der Waals surface area contributed by atoms with E-state index in [9.17, 15) is 4.79 Å². The van der Waals surface area contributed by atoms with Crippen LogP contribution in [-0.2, 0) is 6.54 Å². The number of fused-ring (bicyclic) bond motifs is 1. The summed E-state index contributed by atoms with van der Waals surface area (Å²) in [7, 11) is 0. The Kier molecular flexibility index (Phi) is 4.63. The van der Waals surface area contributed by atoms with Gasteiger partial charge >= 0.3 is 0 Å². The predicted octanol–water partition coefficient (Wildman–Crippen LogP) is 4.38. The van der Waals surface area contributed by atoms with Gasteiger partial charge in [0.15, 0.2) is 0 Å². The van der Waals surface area contributed by atoms with E-state index in [1.165, 1.54) is 10.3 Å². The highest BCUT2D eigenvalue weighted by atomic mass is 32.2. The first-order valence-corrected chi connectivity index (χ1v) is 10.3. The van der Waals surface area contributed by atoms with Crippen molar-refractivity contribution in [2.45, 2.75) is 25.4 Å². The highest BCUT2D eigenvalue weighted by Gasteiger charge is 2.21. The summed E-state index contributed by atoms with van der Waals surface area (Å²) >= 11 is 3.67. The summed E-state index contributed by atoms with van der Waals surface area (Å²) in [6.07, 6.45) is 2.15. The number of carbonyl (C=O) groups excluding carboxylic acids is 1. The molecule has 3 heterocycles. The molecule has 1 aromatic carbocycles. The van der Waals surface area contributed by atoms with Crippen molar-refractivity contribution in [2.24, 2.45) is 0 Å². The molecule has 0 radical (unpaired) electrons. The van der Waals surface area contributed by atoms with Gasteiger partial charge in [0, 0.05) is 12.6 Å². The molecule has 0 spiro atoms. The molecular weight excluding hydrogens is 336 g/mol. The van der Waals surface area contributed by atoms with Gasteiger partial charge in [-0.05, 0) is 47.4 Å². The number of nitrogens with one attached hydrogen (secondary N) is 1. The number of hydrogen-bond donors (Lipinski definition) is 1. The molecule has 0 bridgehead atoms. The molecular formula is C19H20N2OS2. The number of rotatable bonds is 4. The lowest BCUT2D eigenvalue weighted by Gasteiger charge is -2.23. The molecule has 3 nitrogen and oxygen atoms in total. The smallest absolute Gasteiger partial charge is 0.268 e. The number of hydrogen-bond acceptors (Lipinski definition) is 3. The molecule has 5 heteroatoms. The lowest BCUT2D eigenvalue weighted by Crippen LogP contribution is -2.38. The molecule has 0 atom stereocenters. The van der Waals surface area contributed by atoms with Crippen molar-refractivity contribution in [3.05, 3.63) is 59.1 Å². The highest BCUT2D eigenvalue weighted by molar-refractivity contribution is 7.99. The molecule has 2 aromatic heterocycles. The Morgan fingerprint density at radius 2 is 1.96 bits per heavy atom. The minimum Gasteiger partial charge on any atom is -0.348 e. The lowest BCUT2D eigenvalue weighted by atomic mass is 10.1. The van der Waals surface area contributed by atoms with Gasteiger partial charge in [-0.1, -0.05) is 30.3 Å². The molecule has 1 amide bonds. The lowest BCUT2D eigenvalue weighted by molar-refractivity contribution is 0.0926. The van der Waals surface area contributed by atoms with Gasteiger partial charge in [0.25, 0.3) is 5.91 Å². The number of carbonyl (C=O) groups is 1. The van der Waals surface area contributed by atoms with Crippen LogP contribution in [0.3, 0.4) is 0 Å². The average molecular weight is 357 g/mol. The summed E-state index contributed by atoms with van der Waals surface area (Å²) in [5.74, 6) is 2.35. The van der Waals surface area contributed by atoms with Crippen molar-refractivity contribution in [3.8, 4) is 0 Å². The van der Waals surface area contributed by atoms with Crippen LogP contribution in [0.15, 0.2) is 47.8 Å². The van der Waals surface area contributed by atoms with Crippen LogP contribution in [0.5, 0.6) is 0 Å². The number of thioether (sulfide) groups is 1. The minimum atomic E-state index is 0.0613. The zero-order valence-corrected chi connectivity index (χ0v) is 15.0. The zero-order chi connectivity index (χ0) is 16.4. The summed E-state index contributed by atoms with van der Waals surface area (Å²) in [6, 6.07) is 14.8. The van der Waals surface area contributed by atoms with Crippen LogP contribution in [0, 0.1) is 0 Å². The van der Waals surface area contributed by atoms with Gasteiger partial charge in [-0.15, -0.1) is 11.3 Å². The van der Waals surface area contributed by atoms with Crippen molar-refractivity contribution in [2.75, 3.05) is 11.5 Å². The normalized spacial score (nSPS) is 15.7. The Bertz CT molecular complexity index is 832. The second-order valence-electron chi connectivity index (χ2n) is 6.13. The maximum absolute atomic E-state index is 12.9. The number of benzene rings is 1. The van der Waals surface area contributed by atoms with E-state index in [4.69, 9.17) is 0 Å². The molecule has 24 heavy (non-hydrogen) atoms. The summed E-state index contributed by atoms with van der Waals surface area (Å²) < 4.78 is 3.32. The Hall–Kier alpha value is -1.72. The first-order valence-electron chi connectivity index (χ1n) is 8.30. The molecule has 1 aliphatic rings. The molecule has 1 N–H and O–H groups in total. The molecule has 0 unspecified atom stereocenters. The van der Waals surface area contributed by atoms with E-state index in [2.05, 4.69) is 33.5 Å². The van der Waals surface area contributed by atoms with Crippen molar-refractivity contribution in [3.63, 3.8) is 0 Å². The van der Waals surface area contributed by atoms with Gasteiger partial charge in [-0.3, -0.25) is 4.79 Å². The summed E-state index contributed by atoms with van der Waals surface area (Å²) in [5, 5.41) is 5.33. The number of aromatic nitrogens is 1. The first-order chi connectivity index (χ1) is 11.8. The summed E-state index contributed by atoms with van der Waals surface area (Å²) in [4.78, 5) is 12.9. The van der Waals surface area contributed by atoms with Crippen molar-refractivity contribution < 1.29 is 4.79 Å². The number of amides is 1. The van der Waals surface area contributed by atoms with Crippen LogP contribution < -0.4 is 5.32 Å². The van der Waals surface area contributed by atoms with Gasteiger partial charge in [0.2, 0.25) is 0 Å². The number of thiophene rings is 1. The first kappa shape index (κ1) is 15.8. The van der Waals surface area contributed by atoms with Crippen molar-refractivity contribution in [1.29, 1.82) is 0 Å². The van der Waals surface area contributed by atoms with Gasteiger partial charge < -0.3 is 9.88 Å². The van der Waals surface area contributed by atoms with Gasteiger partial charge in [-0.25, -0.2) is 0 Å². The third-order valence-electron chi connectivity index (χ3n) is 4.50. The Balaban J connectivity index is 1.63. The summed E-state index contributed by atoms with van der Waals surface area (Å²) in [5.41, 5.74) is 3.14. The second-order valence-corrected chi connectivity index (χ2v) is 8.30.